The van der Waals surface area contributed by atoms with Crippen LogP contribution in [0.25, 0.3) is 0 Å². The number of carbonyl (C=O) groups excluding carboxylic acids is 1. The lowest BCUT2D eigenvalue weighted by Crippen LogP contribution is -2.45. The van der Waals surface area contributed by atoms with Crippen LogP contribution in [0.1, 0.15) is 28.8 Å². The maximum absolute atomic E-state index is 11.9. The first kappa shape index (κ1) is 13.4. The maximum atomic E-state index is 11.9. The second kappa shape index (κ2) is 5.76. The summed E-state index contributed by atoms with van der Waals surface area (Å²) in [6.07, 6.45) is 1.51. The van der Waals surface area contributed by atoms with Gasteiger partial charge in [-0.2, -0.15) is 11.8 Å². The van der Waals surface area contributed by atoms with Gasteiger partial charge < -0.3 is 10.4 Å². The summed E-state index contributed by atoms with van der Waals surface area (Å²) in [4.78, 5) is 11.9. The molecule has 0 saturated carbocycles. The van der Waals surface area contributed by atoms with Crippen LogP contribution in [0.4, 0.5) is 0 Å². The van der Waals surface area contributed by atoms with Crippen LogP contribution in [0.3, 0.4) is 0 Å². The van der Waals surface area contributed by atoms with Crippen LogP contribution in [0.2, 0.25) is 0 Å². The van der Waals surface area contributed by atoms with E-state index in [1.807, 2.05) is 43.0 Å². The summed E-state index contributed by atoms with van der Waals surface area (Å²) in [6.45, 7) is 2.34. The minimum atomic E-state index is -0.717. The Balaban J connectivity index is 1.89. The molecule has 1 saturated heterocycles. The van der Waals surface area contributed by atoms with Gasteiger partial charge in [-0.1, -0.05) is 17.7 Å². The van der Waals surface area contributed by atoms with Crippen molar-refractivity contribution in [3.63, 3.8) is 0 Å². The summed E-state index contributed by atoms with van der Waals surface area (Å²) in [7, 11) is 0. The van der Waals surface area contributed by atoms with Crippen molar-refractivity contribution in [3.8, 4) is 0 Å². The molecule has 3 nitrogen and oxygen atoms in total. The van der Waals surface area contributed by atoms with Gasteiger partial charge in [0.1, 0.15) is 0 Å². The molecule has 1 heterocycles. The number of hydrogen-bond donors (Lipinski definition) is 2. The van der Waals surface area contributed by atoms with E-state index in [0.29, 0.717) is 12.1 Å². The normalized spacial score (nSPS) is 18.3. The molecule has 2 N–H and O–H groups in total. The Kier molecular flexibility index (Phi) is 4.30. The number of nitrogens with one attached hydrogen (secondary N) is 1. The van der Waals surface area contributed by atoms with E-state index in [1.54, 1.807) is 0 Å². The van der Waals surface area contributed by atoms with E-state index < -0.39 is 5.60 Å². The lowest BCUT2D eigenvalue weighted by molar-refractivity contribution is 0.0311. The lowest BCUT2D eigenvalue weighted by Gasteiger charge is -2.31. The third-order valence-electron chi connectivity index (χ3n) is 3.32. The Morgan fingerprint density at radius 2 is 1.94 bits per heavy atom. The molecule has 4 heteroatoms. The van der Waals surface area contributed by atoms with Crippen LogP contribution >= 0.6 is 11.8 Å². The molecule has 0 atom stereocenters. The Bertz CT molecular complexity index is 410. The third-order valence-corrected chi connectivity index (χ3v) is 4.30. The van der Waals surface area contributed by atoms with Gasteiger partial charge in [0.15, 0.2) is 0 Å². The van der Waals surface area contributed by atoms with Gasteiger partial charge in [0.2, 0.25) is 0 Å². The van der Waals surface area contributed by atoms with E-state index in [0.717, 1.165) is 29.9 Å². The molecule has 1 aliphatic rings. The summed E-state index contributed by atoms with van der Waals surface area (Å²) >= 11 is 1.86. The number of aliphatic hydroxyl groups is 1. The van der Waals surface area contributed by atoms with Crippen molar-refractivity contribution in [2.45, 2.75) is 25.4 Å². The molecule has 98 valence electrons. The van der Waals surface area contributed by atoms with Crippen molar-refractivity contribution < 1.29 is 9.90 Å². The molecule has 1 fully saturated rings. The molecule has 0 bridgehead atoms. The number of aryl methyl sites for hydroxylation is 1. The quantitative estimate of drug-likeness (QED) is 0.878. The topological polar surface area (TPSA) is 49.3 Å². The highest BCUT2D eigenvalue weighted by molar-refractivity contribution is 7.99. The number of amides is 1. The Hall–Kier alpha value is -1.00. The summed E-state index contributed by atoms with van der Waals surface area (Å²) < 4.78 is 0. The van der Waals surface area contributed by atoms with E-state index in [4.69, 9.17) is 0 Å². The van der Waals surface area contributed by atoms with Crippen LogP contribution in [0, 0.1) is 6.92 Å². The highest BCUT2D eigenvalue weighted by atomic mass is 32.2. The van der Waals surface area contributed by atoms with Crippen LogP contribution in [-0.4, -0.2) is 34.7 Å². The summed E-state index contributed by atoms with van der Waals surface area (Å²) in [5.41, 5.74) is 1.06. The Labute approximate surface area is 112 Å². The summed E-state index contributed by atoms with van der Waals surface area (Å²) in [5.74, 6) is 1.83. The first-order valence-electron chi connectivity index (χ1n) is 6.24. The molecule has 0 spiro atoms. The zero-order valence-electron chi connectivity index (χ0n) is 10.6. The Morgan fingerprint density at radius 3 is 2.56 bits per heavy atom. The molecule has 0 radical (unpaired) electrons. The van der Waals surface area contributed by atoms with Gasteiger partial charge >= 0.3 is 0 Å². The van der Waals surface area contributed by atoms with Gasteiger partial charge in [-0.3, -0.25) is 4.79 Å². The molecule has 0 unspecified atom stereocenters. The Morgan fingerprint density at radius 1 is 1.33 bits per heavy atom. The number of hydrogen-bond acceptors (Lipinski definition) is 3. The first-order valence-corrected chi connectivity index (χ1v) is 7.40. The summed E-state index contributed by atoms with van der Waals surface area (Å²) in [6, 6.07) is 7.46. The fourth-order valence-corrected chi connectivity index (χ4v) is 3.23. The smallest absolute Gasteiger partial charge is 0.251 e. The van der Waals surface area contributed by atoms with Crippen molar-refractivity contribution in [2.75, 3.05) is 18.1 Å². The average Bonchev–Trinajstić information content (AvgIpc) is 2.38. The van der Waals surface area contributed by atoms with Gasteiger partial charge in [0.25, 0.3) is 5.91 Å². The largest absolute Gasteiger partial charge is 0.388 e. The first-order chi connectivity index (χ1) is 8.59. The predicted molar refractivity (Wildman–Crippen MR) is 75.0 cm³/mol. The molecular weight excluding hydrogens is 246 g/mol. The van der Waals surface area contributed by atoms with E-state index in [9.17, 15) is 9.90 Å². The van der Waals surface area contributed by atoms with E-state index in [1.165, 1.54) is 0 Å². The molecule has 0 aromatic heterocycles. The number of benzene rings is 1. The predicted octanol–water partition coefficient (Wildman–Crippen LogP) is 1.98. The lowest BCUT2D eigenvalue weighted by atomic mass is 9.97. The van der Waals surface area contributed by atoms with E-state index in [2.05, 4.69) is 5.32 Å². The second-order valence-electron chi connectivity index (χ2n) is 4.89. The fraction of sp³-hybridized carbons (Fsp3) is 0.500. The van der Waals surface area contributed by atoms with Gasteiger partial charge in [0, 0.05) is 12.1 Å². The van der Waals surface area contributed by atoms with Crippen molar-refractivity contribution in [3.05, 3.63) is 35.4 Å². The van der Waals surface area contributed by atoms with Crippen molar-refractivity contribution in [2.24, 2.45) is 0 Å². The second-order valence-corrected chi connectivity index (χ2v) is 6.11. The number of rotatable bonds is 3. The van der Waals surface area contributed by atoms with Crippen LogP contribution in [0.5, 0.6) is 0 Å². The van der Waals surface area contributed by atoms with Gasteiger partial charge in [-0.15, -0.1) is 0 Å². The van der Waals surface area contributed by atoms with Crippen molar-refractivity contribution in [1.29, 1.82) is 0 Å². The standard InChI is InChI=1S/C14H19NO2S/c1-11-2-4-12(5-3-11)13(16)15-10-14(17)6-8-18-9-7-14/h2-5,17H,6-10H2,1H3,(H,15,16). The van der Waals surface area contributed by atoms with Gasteiger partial charge in [-0.25, -0.2) is 0 Å². The van der Waals surface area contributed by atoms with Crippen molar-refractivity contribution >= 4 is 17.7 Å². The van der Waals surface area contributed by atoms with Gasteiger partial charge in [0.05, 0.1) is 5.60 Å². The monoisotopic (exact) mass is 265 g/mol. The van der Waals surface area contributed by atoms with Gasteiger partial charge in [-0.05, 0) is 43.4 Å². The molecule has 1 amide bonds. The minimum absolute atomic E-state index is 0.110. The molecule has 2 rings (SSSR count). The van der Waals surface area contributed by atoms with Crippen LogP contribution < -0.4 is 5.32 Å². The average molecular weight is 265 g/mol. The SMILES string of the molecule is Cc1ccc(C(=O)NCC2(O)CCSCC2)cc1. The zero-order valence-corrected chi connectivity index (χ0v) is 11.4. The van der Waals surface area contributed by atoms with Crippen LogP contribution in [0.15, 0.2) is 24.3 Å². The van der Waals surface area contributed by atoms with Crippen LogP contribution in [-0.2, 0) is 0 Å². The minimum Gasteiger partial charge on any atom is -0.388 e. The molecule has 1 aliphatic heterocycles. The fourth-order valence-electron chi connectivity index (χ4n) is 1.98. The molecule has 1 aromatic rings. The zero-order chi connectivity index (χ0) is 13.0. The van der Waals surface area contributed by atoms with Crippen molar-refractivity contribution in [1.82, 2.24) is 5.32 Å². The number of thioether (sulfide) groups is 1. The number of carbonyl (C=O) groups is 1. The summed E-state index contributed by atoms with van der Waals surface area (Å²) in [5, 5.41) is 13.1. The highest BCUT2D eigenvalue weighted by Gasteiger charge is 2.29. The molecule has 18 heavy (non-hydrogen) atoms. The molecule has 1 aromatic carbocycles. The molecular formula is C14H19NO2S. The highest BCUT2D eigenvalue weighted by Crippen LogP contribution is 2.26. The molecule has 0 aliphatic carbocycles. The van der Waals surface area contributed by atoms with E-state index >= 15 is 0 Å². The maximum Gasteiger partial charge on any atom is 0.251 e. The van der Waals surface area contributed by atoms with E-state index in [-0.39, 0.29) is 5.91 Å². The third kappa shape index (κ3) is 3.50.